The Labute approximate surface area is 83.0 Å². The van der Waals surface area contributed by atoms with E-state index in [-0.39, 0.29) is 6.79 Å². The zero-order valence-corrected chi connectivity index (χ0v) is 7.95. The minimum Gasteiger partial charge on any atom is -0.457 e. The molecule has 0 bridgehead atoms. The van der Waals surface area contributed by atoms with Gasteiger partial charge >= 0.3 is 5.97 Å². The van der Waals surface area contributed by atoms with Gasteiger partial charge in [-0.25, -0.2) is 4.79 Å². The van der Waals surface area contributed by atoms with Crippen molar-refractivity contribution in [2.24, 2.45) is 0 Å². The second kappa shape index (κ2) is 5.07. The smallest absolute Gasteiger partial charge is 0.335 e. The summed E-state index contributed by atoms with van der Waals surface area (Å²) in [6.45, 7) is 4.93. The predicted octanol–water partition coefficient (Wildman–Crippen LogP) is 1.94. The van der Waals surface area contributed by atoms with Gasteiger partial charge in [-0.15, -0.1) is 0 Å². The van der Waals surface area contributed by atoms with Crippen LogP contribution in [-0.2, 0) is 9.53 Å². The summed E-state index contributed by atoms with van der Waals surface area (Å²) in [5, 5.41) is 0. The van der Waals surface area contributed by atoms with Crippen LogP contribution < -0.4 is 4.74 Å². The molecule has 0 aromatic heterocycles. The van der Waals surface area contributed by atoms with Crippen LogP contribution in [0.2, 0.25) is 0 Å². The van der Waals surface area contributed by atoms with E-state index in [0.717, 1.165) is 0 Å². The van der Waals surface area contributed by atoms with Crippen molar-refractivity contribution < 1.29 is 14.3 Å². The van der Waals surface area contributed by atoms with Crippen molar-refractivity contribution in [2.45, 2.75) is 6.92 Å². The first-order chi connectivity index (χ1) is 6.70. The molecule has 3 heteroatoms. The van der Waals surface area contributed by atoms with Gasteiger partial charge in [0, 0.05) is 5.57 Å². The summed E-state index contributed by atoms with van der Waals surface area (Å²) in [5.41, 5.74) is 0.356. The summed E-state index contributed by atoms with van der Waals surface area (Å²) in [7, 11) is 0. The van der Waals surface area contributed by atoms with Crippen molar-refractivity contribution in [2.75, 3.05) is 6.79 Å². The lowest BCUT2D eigenvalue weighted by Gasteiger charge is -2.06. The van der Waals surface area contributed by atoms with Gasteiger partial charge in [-0.05, 0) is 25.1 Å². The van der Waals surface area contributed by atoms with Crippen molar-refractivity contribution >= 4 is 5.97 Å². The van der Waals surface area contributed by atoms with Gasteiger partial charge in [-0.3, -0.25) is 0 Å². The minimum atomic E-state index is -0.451. The Kier molecular flexibility index (Phi) is 3.73. The van der Waals surface area contributed by atoms with Crippen LogP contribution in [0.4, 0.5) is 0 Å². The van der Waals surface area contributed by atoms with Crippen molar-refractivity contribution in [3.05, 3.63) is 42.5 Å². The first-order valence-corrected chi connectivity index (χ1v) is 4.11. The molecule has 0 aliphatic heterocycles. The lowest BCUT2D eigenvalue weighted by Crippen LogP contribution is -2.10. The molecule has 1 aromatic carbocycles. The van der Waals surface area contributed by atoms with Crippen LogP contribution in [-0.4, -0.2) is 12.8 Å². The maximum Gasteiger partial charge on any atom is 0.335 e. The van der Waals surface area contributed by atoms with Crippen molar-refractivity contribution in [3.8, 4) is 5.75 Å². The Morgan fingerprint density at radius 2 is 2.14 bits per heavy atom. The molecule has 1 rings (SSSR count). The van der Waals surface area contributed by atoms with Crippen molar-refractivity contribution in [3.63, 3.8) is 0 Å². The van der Waals surface area contributed by atoms with Gasteiger partial charge in [0.05, 0.1) is 0 Å². The van der Waals surface area contributed by atoms with E-state index in [0.29, 0.717) is 11.3 Å². The Bertz CT molecular complexity index is 317. The second-order valence-electron chi connectivity index (χ2n) is 2.71. The van der Waals surface area contributed by atoms with E-state index in [1.807, 2.05) is 0 Å². The molecule has 0 saturated heterocycles. The van der Waals surface area contributed by atoms with E-state index in [9.17, 15) is 4.79 Å². The zero-order chi connectivity index (χ0) is 10.4. The molecule has 0 amide bonds. The highest BCUT2D eigenvalue weighted by molar-refractivity contribution is 5.86. The number of carbonyl (C=O) groups excluding carboxylic acids is 1. The fourth-order valence-electron chi connectivity index (χ4n) is 0.742. The molecule has 14 heavy (non-hydrogen) atoms. The number of benzene rings is 1. The second-order valence-corrected chi connectivity index (χ2v) is 2.71. The average Bonchev–Trinajstić information content (AvgIpc) is 2.19. The Morgan fingerprint density at radius 3 is 2.71 bits per heavy atom. The predicted molar refractivity (Wildman–Crippen MR) is 51.7 cm³/mol. The van der Waals surface area contributed by atoms with E-state index >= 15 is 0 Å². The van der Waals surface area contributed by atoms with Crippen molar-refractivity contribution in [1.29, 1.82) is 0 Å². The van der Waals surface area contributed by atoms with E-state index in [2.05, 4.69) is 12.6 Å². The van der Waals surface area contributed by atoms with Crippen LogP contribution in [0.3, 0.4) is 0 Å². The third-order valence-corrected chi connectivity index (χ3v) is 1.45. The number of rotatable bonds is 4. The van der Waals surface area contributed by atoms with E-state index in [4.69, 9.17) is 9.47 Å². The number of hydrogen-bond donors (Lipinski definition) is 0. The minimum absolute atomic E-state index is 0.101. The van der Waals surface area contributed by atoms with E-state index in [1.54, 1.807) is 31.2 Å². The highest BCUT2D eigenvalue weighted by atomic mass is 16.7. The van der Waals surface area contributed by atoms with Crippen LogP contribution in [0.15, 0.2) is 36.4 Å². The maximum atomic E-state index is 10.9. The summed E-state index contributed by atoms with van der Waals surface area (Å²) in [6, 6.07) is 9.75. The van der Waals surface area contributed by atoms with Crippen LogP contribution in [0.1, 0.15) is 6.92 Å². The van der Waals surface area contributed by atoms with Crippen molar-refractivity contribution in [1.82, 2.24) is 0 Å². The summed E-state index contributed by atoms with van der Waals surface area (Å²) in [4.78, 5) is 10.9. The molecule has 3 nitrogen and oxygen atoms in total. The topological polar surface area (TPSA) is 35.5 Å². The van der Waals surface area contributed by atoms with Gasteiger partial charge in [0.2, 0.25) is 6.79 Å². The SMILES string of the molecule is C=C(C)C(=O)OCOc1cc[c]cc1. The third kappa shape index (κ3) is 3.31. The van der Waals surface area contributed by atoms with E-state index in [1.165, 1.54) is 0 Å². The molecule has 0 aliphatic carbocycles. The summed E-state index contributed by atoms with van der Waals surface area (Å²) in [5.74, 6) is 0.186. The van der Waals surface area contributed by atoms with Crippen LogP contribution in [0.5, 0.6) is 5.75 Å². The standard InChI is InChI=1S/C11H11O3/c1-9(2)11(12)14-8-13-10-6-4-3-5-7-10/h4-7H,1,8H2,2H3. The normalized spacial score (nSPS) is 9.21. The fraction of sp³-hybridized carbons (Fsp3) is 0.182. The number of esters is 1. The summed E-state index contributed by atoms with van der Waals surface area (Å²) < 4.78 is 9.86. The highest BCUT2D eigenvalue weighted by Crippen LogP contribution is 2.07. The van der Waals surface area contributed by atoms with Gasteiger partial charge < -0.3 is 9.47 Å². The molecule has 0 heterocycles. The van der Waals surface area contributed by atoms with Crippen LogP contribution in [0, 0.1) is 6.07 Å². The maximum absolute atomic E-state index is 10.9. The Hall–Kier alpha value is -1.77. The lowest BCUT2D eigenvalue weighted by atomic mass is 10.3. The number of carbonyl (C=O) groups is 1. The molecule has 0 unspecified atom stereocenters. The lowest BCUT2D eigenvalue weighted by molar-refractivity contribution is -0.145. The van der Waals surface area contributed by atoms with Gasteiger partial charge in [0.15, 0.2) is 0 Å². The van der Waals surface area contributed by atoms with E-state index < -0.39 is 5.97 Å². The first kappa shape index (κ1) is 10.3. The molecule has 1 radical (unpaired) electrons. The van der Waals surface area contributed by atoms with Crippen LogP contribution >= 0.6 is 0 Å². The largest absolute Gasteiger partial charge is 0.457 e. The molecule has 73 valence electrons. The molecule has 1 aromatic rings. The Balaban J connectivity index is 2.29. The van der Waals surface area contributed by atoms with Gasteiger partial charge in [0.25, 0.3) is 0 Å². The monoisotopic (exact) mass is 191 g/mol. The van der Waals surface area contributed by atoms with Gasteiger partial charge in [0.1, 0.15) is 5.75 Å². The third-order valence-electron chi connectivity index (χ3n) is 1.45. The number of ether oxygens (including phenoxy) is 2. The zero-order valence-electron chi connectivity index (χ0n) is 7.95. The molecule has 0 fully saturated rings. The molecular formula is C11H11O3. The molecule has 0 atom stereocenters. The molecule has 0 spiro atoms. The number of hydrogen-bond acceptors (Lipinski definition) is 3. The molecule has 0 saturated carbocycles. The molecule has 0 N–H and O–H groups in total. The fourth-order valence-corrected chi connectivity index (χ4v) is 0.742. The quantitative estimate of drug-likeness (QED) is 0.414. The van der Waals surface area contributed by atoms with Crippen LogP contribution in [0.25, 0.3) is 0 Å². The van der Waals surface area contributed by atoms with Gasteiger partial charge in [-0.1, -0.05) is 18.7 Å². The highest BCUT2D eigenvalue weighted by Gasteiger charge is 2.02. The summed E-state index contributed by atoms with van der Waals surface area (Å²) in [6.07, 6.45) is 0. The molecular weight excluding hydrogens is 180 g/mol. The molecule has 0 aliphatic rings. The average molecular weight is 191 g/mol. The Morgan fingerprint density at radius 1 is 1.50 bits per heavy atom. The summed E-state index contributed by atoms with van der Waals surface area (Å²) >= 11 is 0. The first-order valence-electron chi connectivity index (χ1n) is 4.11. The van der Waals surface area contributed by atoms with Gasteiger partial charge in [-0.2, -0.15) is 0 Å².